The van der Waals surface area contributed by atoms with E-state index >= 15 is 0 Å². The molecular weight excluding hydrogens is 969 g/mol. The van der Waals surface area contributed by atoms with E-state index in [9.17, 15) is 53.1 Å². The van der Waals surface area contributed by atoms with Crippen molar-refractivity contribution in [3.8, 4) is 0 Å². The second-order valence-corrected chi connectivity index (χ2v) is 18.9. The lowest BCUT2D eigenvalue weighted by atomic mass is 10.0. The summed E-state index contributed by atoms with van der Waals surface area (Å²) in [5.41, 5.74) is 18.5. The van der Waals surface area contributed by atoms with E-state index in [0.717, 1.165) is 0 Å². The summed E-state index contributed by atoms with van der Waals surface area (Å²) in [5.74, 6) is -9.12. The number of hydrogen-bond donors (Lipinski definition) is 10. The summed E-state index contributed by atoms with van der Waals surface area (Å²) >= 11 is 0. The van der Waals surface area contributed by atoms with Gasteiger partial charge < -0.3 is 64.0 Å². The molecule has 3 saturated heterocycles. The summed E-state index contributed by atoms with van der Waals surface area (Å²) in [7, 11) is 0. The maximum Gasteiger partial charge on any atom is 0.303 e. The summed E-state index contributed by atoms with van der Waals surface area (Å²) in [6.45, 7) is 0.338. The topological polar surface area (TPSA) is 360 Å². The van der Waals surface area contributed by atoms with E-state index in [0.29, 0.717) is 29.5 Å². The van der Waals surface area contributed by atoms with Gasteiger partial charge in [-0.3, -0.25) is 52.9 Å². The van der Waals surface area contributed by atoms with Gasteiger partial charge >= 0.3 is 5.97 Å². The fourth-order valence-electron chi connectivity index (χ4n) is 9.50. The van der Waals surface area contributed by atoms with Crippen molar-refractivity contribution in [2.75, 3.05) is 19.6 Å². The Balaban J connectivity index is 1.43. The smallest absolute Gasteiger partial charge is 0.303 e. The number of guanidine groups is 1. The first-order valence-electron chi connectivity index (χ1n) is 25.1. The van der Waals surface area contributed by atoms with Gasteiger partial charge in [-0.05, 0) is 61.6 Å². The Labute approximate surface area is 433 Å². The van der Waals surface area contributed by atoms with Gasteiger partial charge in [-0.25, -0.2) is 0 Å². The van der Waals surface area contributed by atoms with Crippen molar-refractivity contribution in [2.24, 2.45) is 22.2 Å². The van der Waals surface area contributed by atoms with Crippen molar-refractivity contribution < 1.29 is 53.1 Å². The molecule has 3 aliphatic rings. The fourth-order valence-corrected chi connectivity index (χ4v) is 9.50. The lowest BCUT2D eigenvalue weighted by molar-refractivity contribution is -0.148. The quantitative estimate of drug-likeness (QED) is 0.0467. The Morgan fingerprint density at radius 2 is 0.907 bits per heavy atom. The number of amides is 9. The lowest BCUT2D eigenvalue weighted by Crippen LogP contribution is -2.62. The Morgan fingerprint density at radius 3 is 1.40 bits per heavy atom. The zero-order valence-corrected chi connectivity index (χ0v) is 41.5. The highest BCUT2D eigenvalue weighted by atomic mass is 16.4. The molecule has 0 aliphatic carbocycles. The molecule has 400 valence electrons. The number of aliphatic carboxylic acids is 1. The third kappa shape index (κ3) is 16.3. The number of carbonyl (C=O) groups excluding carboxylic acids is 9. The lowest BCUT2D eigenvalue weighted by Gasteiger charge is -2.34. The van der Waals surface area contributed by atoms with Crippen molar-refractivity contribution in [3.63, 3.8) is 0 Å². The molecule has 0 bridgehead atoms. The molecule has 75 heavy (non-hydrogen) atoms. The molecule has 6 rings (SSSR count). The van der Waals surface area contributed by atoms with E-state index in [1.54, 1.807) is 91.0 Å². The third-order valence-electron chi connectivity index (χ3n) is 13.3. The number of hydrogen-bond acceptors (Lipinski definition) is 11. The molecule has 13 N–H and O–H groups in total. The van der Waals surface area contributed by atoms with Crippen LogP contribution in [-0.4, -0.2) is 148 Å². The molecule has 23 nitrogen and oxygen atoms in total. The van der Waals surface area contributed by atoms with E-state index in [2.05, 4.69) is 36.9 Å². The molecule has 9 amide bonds. The van der Waals surface area contributed by atoms with E-state index in [-0.39, 0.29) is 70.5 Å². The number of nitrogens with one attached hydrogen (secondary N) is 6. The van der Waals surface area contributed by atoms with Crippen molar-refractivity contribution in [3.05, 3.63) is 108 Å². The number of nitrogens with two attached hydrogens (primary N) is 3. The molecule has 23 heteroatoms. The Kier molecular flexibility index (Phi) is 20.2. The van der Waals surface area contributed by atoms with Gasteiger partial charge in [0.05, 0.1) is 6.42 Å². The average molecular weight is 1040 g/mol. The molecule has 0 radical (unpaired) electrons. The van der Waals surface area contributed by atoms with Gasteiger partial charge in [0, 0.05) is 45.3 Å². The van der Waals surface area contributed by atoms with Gasteiger partial charge in [-0.1, -0.05) is 91.0 Å². The number of aliphatic imine (C=N–C) groups is 1. The minimum Gasteiger partial charge on any atom is -0.481 e. The summed E-state index contributed by atoms with van der Waals surface area (Å²) < 4.78 is 0. The number of fused-ring (bicyclic) bond motifs is 2. The normalized spacial score (nSPS) is 24.5. The Morgan fingerprint density at radius 1 is 0.507 bits per heavy atom. The van der Waals surface area contributed by atoms with E-state index in [1.165, 1.54) is 9.80 Å². The molecule has 0 aromatic heterocycles. The van der Waals surface area contributed by atoms with Gasteiger partial charge in [0.25, 0.3) is 0 Å². The Bertz CT molecular complexity index is 2570. The van der Waals surface area contributed by atoms with Gasteiger partial charge in [-0.2, -0.15) is 0 Å². The van der Waals surface area contributed by atoms with Gasteiger partial charge in [0.1, 0.15) is 48.3 Å². The average Bonchev–Trinajstić information content (AvgIpc) is 4.09. The Hall–Kier alpha value is -8.37. The number of carbonyl (C=O) groups is 10. The summed E-state index contributed by atoms with van der Waals surface area (Å²) in [5, 5.41) is 25.6. The number of rotatable bonds is 15. The van der Waals surface area contributed by atoms with Gasteiger partial charge in [0.15, 0.2) is 5.96 Å². The summed E-state index contributed by atoms with van der Waals surface area (Å²) in [6, 6.07) is 14.7. The zero-order chi connectivity index (χ0) is 54.0. The van der Waals surface area contributed by atoms with Gasteiger partial charge in [0.2, 0.25) is 53.2 Å². The van der Waals surface area contributed by atoms with Crippen LogP contribution in [0.4, 0.5) is 0 Å². The third-order valence-corrected chi connectivity index (χ3v) is 13.3. The standard InChI is InChI=1S/C52H66N12O11/c53-42(65)30-38-48(72)57-35(22-23-43(66)67)45(69)62-39(29-33-17-8-3-9-18-33)50(74)64-26-12-21-41(64)51(75)63-25-11-20-40(63)49(73)58-34(19-10-24-56-52(54)55)44(68)59-36(27-31-13-4-1-5-14-31)46(70)60-37(47(71)61-38)28-32-15-6-2-7-16-32/h1-9,13-18,34-41H,10-12,19-30H2,(H2,53,65)(H,57,72)(H,58,73)(H,59,68)(H,60,70)(H,61,71)(H,62,69)(H,66,67)(H4,54,55,56)/t34-,35-,36-,37-,38-,39-,40-,41+/m0/s1. The predicted octanol–water partition coefficient (Wildman–Crippen LogP) is -1.59. The fraction of sp³-hybridized carbons (Fsp3) is 0.442. The van der Waals surface area contributed by atoms with E-state index < -0.39 is 127 Å². The second kappa shape index (κ2) is 27.1. The maximum atomic E-state index is 14.8. The van der Waals surface area contributed by atoms with Crippen molar-refractivity contribution in [1.29, 1.82) is 0 Å². The summed E-state index contributed by atoms with van der Waals surface area (Å²) in [4.78, 5) is 147. The highest BCUT2D eigenvalue weighted by molar-refractivity contribution is 6.00. The minimum atomic E-state index is -1.79. The first-order valence-corrected chi connectivity index (χ1v) is 25.1. The van der Waals surface area contributed by atoms with Crippen LogP contribution in [0.2, 0.25) is 0 Å². The highest BCUT2D eigenvalue weighted by Gasteiger charge is 2.45. The van der Waals surface area contributed by atoms with Crippen LogP contribution >= 0.6 is 0 Å². The largest absolute Gasteiger partial charge is 0.481 e. The molecule has 0 spiro atoms. The van der Waals surface area contributed by atoms with Gasteiger partial charge in [-0.15, -0.1) is 0 Å². The molecule has 3 fully saturated rings. The number of carboxylic acid groups (broad SMARTS) is 1. The van der Waals surface area contributed by atoms with Crippen LogP contribution in [0.25, 0.3) is 0 Å². The van der Waals surface area contributed by atoms with Crippen LogP contribution < -0.4 is 49.1 Å². The van der Waals surface area contributed by atoms with Crippen LogP contribution in [0, 0.1) is 0 Å². The second-order valence-electron chi connectivity index (χ2n) is 18.9. The highest BCUT2D eigenvalue weighted by Crippen LogP contribution is 2.27. The zero-order valence-electron chi connectivity index (χ0n) is 41.5. The van der Waals surface area contributed by atoms with Crippen LogP contribution in [0.3, 0.4) is 0 Å². The van der Waals surface area contributed by atoms with E-state index in [1.807, 2.05) is 0 Å². The molecule has 0 unspecified atom stereocenters. The molecule has 0 saturated carbocycles. The SMILES string of the molecule is NC(=O)C[C@@H]1NC(=O)[C@H](Cc2ccccc2)NC(=O)[C@H](Cc2ccccc2)NC(=O)[C@H](CCCN=C(N)N)NC(=O)[C@@H]2CCCN2C(=O)[C@H]2CCCN2C(=O)[C@H](Cc2ccccc2)NC(=O)[C@H](CCC(=O)O)NC1=O. The van der Waals surface area contributed by atoms with Crippen molar-refractivity contribution in [1.82, 2.24) is 41.7 Å². The van der Waals surface area contributed by atoms with Crippen LogP contribution in [0.15, 0.2) is 96.0 Å². The van der Waals surface area contributed by atoms with Crippen molar-refractivity contribution in [2.45, 2.75) is 125 Å². The van der Waals surface area contributed by atoms with Crippen LogP contribution in [0.1, 0.15) is 74.5 Å². The van der Waals surface area contributed by atoms with Crippen LogP contribution in [0.5, 0.6) is 0 Å². The molecule has 3 aliphatic heterocycles. The number of carboxylic acids is 1. The monoisotopic (exact) mass is 1030 g/mol. The van der Waals surface area contributed by atoms with Crippen LogP contribution in [-0.2, 0) is 67.2 Å². The first-order chi connectivity index (χ1) is 36.0. The van der Waals surface area contributed by atoms with E-state index in [4.69, 9.17) is 17.2 Å². The first kappa shape index (κ1) is 55.9. The predicted molar refractivity (Wildman–Crippen MR) is 272 cm³/mol. The number of nitrogens with zero attached hydrogens (tertiary/aromatic N) is 3. The minimum absolute atomic E-state index is 0.0202. The number of benzene rings is 3. The number of primary amides is 1. The molecule has 3 aromatic carbocycles. The molecule has 3 heterocycles. The van der Waals surface area contributed by atoms with Crippen molar-refractivity contribution >= 4 is 65.1 Å². The summed E-state index contributed by atoms with van der Waals surface area (Å²) in [6.07, 6.45) is -0.892. The molecular formula is C52H66N12O11. The molecule has 8 atom stereocenters. The molecule has 3 aromatic rings. The maximum absolute atomic E-state index is 14.8.